The van der Waals surface area contributed by atoms with Gasteiger partial charge in [-0.2, -0.15) is 0 Å². The van der Waals surface area contributed by atoms with Crippen molar-refractivity contribution in [3.05, 3.63) is 5.82 Å². The molecule has 1 aromatic rings. The molecule has 0 radical (unpaired) electrons. The van der Waals surface area contributed by atoms with Crippen molar-refractivity contribution in [2.75, 3.05) is 26.2 Å². The highest BCUT2D eigenvalue weighted by molar-refractivity contribution is 4.97. The van der Waals surface area contributed by atoms with Gasteiger partial charge in [0.05, 0.1) is 12.1 Å². The number of hydrogen-bond donors (Lipinski definition) is 0. The van der Waals surface area contributed by atoms with Gasteiger partial charge in [-0.05, 0) is 42.5 Å². The van der Waals surface area contributed by atoms with Gasteiger partial charge in [-0.15, -0.1) is 5.10 Å². The van der Waals surface area contributed by atoms with Crippen molar-refractivity contribution in [3.8, 4) is 0 Å². The third-order valence-electron chi connectivity index (χ3n) is 7.00. The summed E-state index contributed by atoms with van der Waals surface area (Å²) in [7, 11) is 0. The standard InChI is InChI=1S/C20H36N6/c1-2-19(20-21-22-23-26(20)18-11-7-4-8-12-18)25-15-13-24(14-16-25)17-9-5-3-6-10-17/h17-19H,2-16H2,1H3/t19-/m0/s1. The number of nitrogens with zero attached hydrogens (tertiary/aromatic N) is 6. The maximum atomic E-state index is 4.49. The molecule has 0 bridgehead atoms. The molecule has 3 fully saturated rings. The lowest BCUT2D eigenvalue weighted by Gasteiger charge is -2.43. The Bertz CT molecular complexity index is 538. The van der Waals surface area contributed by atoms with E-state index in [2.05, 4.69) is 36.9 Å². The Morgan fingerprint density at radius 1 is 0.846 bits per heavy atom. The molecule has 6 heteroatoms. The summed E-state index contributed by atoms with van der Waals surface area (Å²) < 4.78 is 2.18. The summed E-state index contributed by atoms with van der Waals surface area (Å²) in [5.74, 6) is 1.12. The lowest BCUT2D eigenvalue weighted by Crippen LogP contribution is -2.51. The molecular weight excluding hydrogens is 324 g/mol. The van der Waals surface area contributed by atoms with Crippen LogP contribution in [0.4, 0.5) is 0 Å². The summed E-state index contributed by atoms with van der Waals surface area (Å²) in [5, 5.41) is 13.0. The normalized spacial score (nSPS) is 26.2. The Labute approximate surface area is 158 Å². The van der Waals surface area contributed by atoms with E-state index < -0.39 is 0 Å². The quantitative estimate of drug-likeness (QED) is 0.803. The zero-order valence-corrected chi connectivity index (χ0v) is 16.5. The lowest BCUT2D eigenvalue weighted by atomic mass is 9.93. The van der Waals surface area contributed by atoms with Crippen LogP contribution in [0.5, 0.6) is 0 Å². The van der Waals surface area contributed by atoms with E-state index in [9.17, 15) is 0 Å². The van der Waals surface area contributed by atoms with E-state index >= 15 is 0 Å². The second kappa shape index (κ2) is 8.79. The first-order chi connectivity index (χ1) is 12.9. The number of aromatic nitrogens is 4. The van der Waals surface area contributed by atoms with Crippen LogP contribution < -0.4 is 0 Å². The predicted molar refractivity (Wildman–Crippen MR) is 103 cm³/mol. The van der Waals surface area contributed by atoms with Crippen LogP contribution in [0.15, 0.2) is 0 Å². The van der Waals surface area contributed by atoms with Crippen molar-refractivity contribution in [2.24, 2.45) is 0 Å². The fourth-order valence-electron chi connectivity index (χ4n) is 5.47. The first-order valence-corrected chi connectivity index (χ1v) is 11.1. The van der Waals surface area contributed by atoms with E-state index in [1.54, 1.807) is 0 Å². The highest BCUT2D eigenvalue weighted by atomic mass is 15.6. The molecule has 0 aromatic carbocycles. The minimum Gasteiger partial charge on any atom is -0.298 e. The monoisotopic (exact) mass is 360 g/mol. The van der Waals surface area contributed by atoms with Crippen LogP contribution in [-0.2, 0) is 0 Å². The molecule has 1 atom stereocenters. The Hall–Kier alpha value is -1.01. The second-order valence-electron chi connectivity index (χ2n) is 8.56. The van der Waals surface area contributed by atoms with E-state index in [1.165, 1.54) is 77.3 Å². The van der Waals surface area contributed by atoms with E-state index in [4.69, 9.17) is 0 Å². The van der Waals surface area contributed by atoms with Gasteiger partial charge in [0.1, 0.15) is 0 Å². The third kappa shape index (κ3) is 3.96. The van der Waals surface area contributed by atoms with Crippen molar-refractivity contribution in [1.82, 2.24) is 30.0 Å². The minimum atomic E-state index is 0.375. The van der Waals surface area contributed by atoms with Crippen LogP contribution >= 0.6 is 0 Å². The van der Waals surface area contributed by atoms with E-state index in [0.717, 1.165) is 31.4 Å². The van der Waals surface area contributed by atoms with Gasteiger partial charge in [-0.1, -0.05) is 45.4 Å². The second-order valence-corrected chi connectivity index (χ2v) is 8.56. The van der Waals surface area contributed by atoms with Gasteiger partial charge < -0.3 is 0 Å². The average molecular weight is 361 g/mol. The molecule has 26 heavy (non-hydrogen) atoms. The number of rotatable bonds is 5. The van der Waals surface area contributed by atoms with Crippen LogP contribution in [0.1, 0.15) is 95.5 Å². The molecule has 3 aliphatic rings. The number of piperazine rings is 1. The maximum absolute atomic E-state index is 4.49. The molecule has 2 aliphatic carbocycles. The van der Waals surface area contributed by atoms with Crippen LogP contribution in [0.25, 0.3) is 0 Å². The summed E-state index contributed by atoms with van der Waals surface area (Å²) in [4.78, 5) is 5.40. The van der Waals surface area contributed by atoms with E-state index in [-0.39, 0.29) is 0 Å². The lowest BCUT2D eigenvalue weighted by molar-refractivity contribution is 0.0507. The van der Waals surface area contributed by atoms with E-state index in [1.807, 2.05) is 0 Å². The third-order valence-corrected chi connectivity index (χ3v) is 7.00. The zero-order valence-electron chi connectivity index (χ0n) is 16.5. The highest BCUT2D eigenvalue weighted by Crippen LogP contribution is 2.32. The molecule has 0 amide bonds. The first-order valence-electron chi connectivity index (χ1n) is 11.1. The maximum Gasteiger partial charge on any atom is 0.168 e. The zero-order chi connectivity index (χ0) is 17.8. The molecule has 1 saturated heterocycles. The first kappa shape index (κ1) is 18.4. The molecule has 2 heterocycles. The molecule has 1 aliphatic heterocycles. The van der Waals surface area contributed by atoms with Crippen molar-refractivity contribution in [1.29, 1.82) is 0 Å². The molecule has 2 saturated carbocycles. The van der Waals surface area contributed by atoms with E-state index in [0.29, 0.717) is 12.1 Å². The van der Waals surface area contributed by atoms with Crippen molar-refractivity contribution in [3.63, 3.8) is 0 Å². The van der Waals surface area contributed by atoms with Crippen LogP contribution in [-0.4, -0.2) is 62.2 Å². The van der Waals surface area contributed by atoms with Gasteiger partial charge in [-0.25, -0.2) is 4.68 Å². The molecule has 0 unspecified atom stereocenters. The van der Waals surface area contributed by atoms with Crippen LogP contribution in [0, 0.1) is 0 Å². The minimum absolute atomic E-state index is 0.375. The fraction of sp³-hybridized carbons (Fsp3) is 0.950. The van der Waals surface area contributed by atoms with Gasteiger partial charge in [-0.3, -0.25) is 9.80 Å². The number of hydrogen-bond acceptors (Lipinski definition) is 5. The SMILES string of the molecule is CC[C@@H](c1nnnn1C1CCCCC1)N1CCN(C2CCCCC2)CC1. The van der Waals surface area contributed by atoms with Gasteiger partial charge in [0.15, 0.2) is 5.82 Å². The van der Waals surface area contributed by atoms with Gasteiger partial charge in [0.2, 0.25) is 0 Å². The number of tetrazole rings is 1. The molecule has 0 spiro atoms. The van der Waals surface area contributed by atoms with Gasteiger partial charge in [0, 0.05) is 32.2 Å². The molecule has 6 nitrogen and oxygen atoms in total. The van der Waals surface area contributed by atoms with Crippen molar-refractivity contribution in [2.45, 2.75) is 95.7 Å². The Morgan fingerprint density at radius 3 is 2.08 bits per heavy atom. The smallest absolute Gasteiger partial charge is 0.168 e. The summed E-state index contributed by atoms with van der Waals surface area (Å²) >= 11 is 0. The summed E-state index contributed by atoms with van der Waals surface area (Å²) in [6, 6.07) is 1.74. The molecule has 1 aromatic heterocycles. The predicted octanol–water partition coefficient (Wildman–Crippen LogP) is 3.58. The summed E-state index contributed by atoms with van der Waals surface area (Å²) in [6.07, 6.45) is 14.7. The van der Waals surface area contributed by atoms with Crippen LogP contribution in [0.3, 0.4) is 0 Å². The summed E-state index contributed by atoms with van der Waals surface area (Å²) in [5.41, 5.74) is 0. The Kier molecular flexibility index (Phi) is 6.20. The summed E-state index contributed by atoms with van der Waals surface area (Å²) in [6.45, 7) is 7.04. The highest BCUT2D eigenvalue weighted by Gasteiger charge is 2.32. The Morgan fingerprint density at radius 2 is 1.46 bits per heavy atom. The fourth-order valence-corrected chi connectivity index (χ4v) is 5.47. The van der Waals surface area contributed by atoms with Gasteiger partial charge in [0.25, 0.3) is 0 Å². The van der Waals surface area contributed by atoms with Crippen LogP contribution in [0.2, 0.25) is 0 Å². The molecule has 4 rings (SSSR count). The Balaban J connectivity index is 1.40. The topological polar surface area (TPSA) is 50.1 Å². The van der Waals surface area contributed by atoms with Gasteiger partial charge >= 0.3 is 0 Å². The molecular formula is C20H36N6. The molecule has 146 valence electrons. The largest absolute Gasteiger partial charge is 0.298 e. The molecule has 0 N–H and O–H groups in total. The van der Waals surface area contributed by atoms with Crippen molar-refractivity contribution < 1.29 is 0 Å². The average Bonchev–Trinajstić information content (AvgIpc) is 3.20. The van der Waals surface area contributed by atoms with Crippen molar-refractivity contribution >= 4 is 0 Å².